The van der Waals surface area contributed by atoms with Crippen molar-refractivity contribution in [3.8, 4) is 0 Å². The molecule has 0 aromatic rings. The SMILES string of the molecule is CCCCOC(F)(F)[C@H](F)Cl. The van der Waals surface area contributed by atoms with E-state index < -0.39 is 11.7 Å². The summed E-state index contributed by atoms with van der Waals surface area (Å²) in [4.78, 5) is 0. The number of unbranched alkanes of at least 4 members (excludes halogenated alkanes) is 1. The van der Waals surface area contributed by atoms with Crippen LogP contribution in [-0.2, 0) is 4.74 Å². The Balaban J connectivity index is 3.55. The maximum Gasteiger partial charge on any atom is 0.400 e. The van der Waals surface area contributed by atoms with Crippen LogP contribution in [0.2, 0.25) is 0 Å². The molecule has 0 amide bonds. The lowest BCUT2D eigenvalue weighted by Gasteiger charge is -2.15. The highest BCUT2D eigenvalue weighted by molar-refractivity contribution is 6.20. The van der Waals surface area contributed by atoms with Crippen molar-refractivity contribution in [3.63, 3.8) is 0 Å². The third-order valence-corrected chi connectivity index (χ3v) is 1.30. The molecule has 1 nitrogen and oxygen atoms in total. The first-order chi connectivity index (χ1) is 5.00. The van der Waals surface area contributed by atoms with Crippen LogP contribution in [0, 0.1) is 0 Å². The second-order valence-electron chi connectivity index (χ2n) is 2.06. The molecule has 0 rings (SSSR count). The lowest BCUT2D eigenvalue weighted by molar-refractivity contribution is -0.256. The molecule has 0 aliphatic heterocycles. The number of hydrogen-bond acceptors (Lipinski definition) is 1. The van der Waals surface area contributed by atoms with Gasteiger partial charge in [-0.15, -0.1) is 0 Å². The average Bonchev–Trinajstić information content (AvgIpc) is 1.88. The van der Waals surface area contributed by atoms with Crippen molar-refractivity contribution in [2.45, 2.75) is 31.5 Å². The van der Waals surface area contributed by atoms with E-state index in [2.05, 4.69) is 16.3 Å². The van der Waals surface area contributed by atoms with E-state index in [1.54, 1.807) is 0 Å². The molecule has 0 saturated carbocycles. The van der Waals surface area contributed by atoms with Gasteiger partial charge in [-0.25, -0.2) is 4.39 Å². The second-order valence-corrected chi connectivity index (χ2v) is 2.45. The van der Waals surface area contributed by atoms with Gasteiger partial charge in [0, 0.05) is 0 Å². The Morgan fingerprint density at radius 3 is 2.45 bits per heavy atom. The topological polar surface area (TPSA) is 9.23 Å². The Kier molecular flexibility index (Phi) is 4.84. The summed E-state index contributed by atoms with van der Waals surface area (Å²) in [5, 5.41) is 0. The maximum absolute atomic E-state index is 12.1. The van der Waals surface area contributed by atoms with Gasteiger partial charge in [0.05, 0.1) is 6.61 Å². The summed E-state index contributed by atoms with van der Waals surface area (Å²) in [5.41, 5.74) is -2.76. The molecule has 0 spiro atoms. The minimum absolute atomic E-state index is 0.170. The highest BCUT2D eigenvalue weighted by atomic mass is 35.5. The van der Waals surface area contributed by atoms with Gasteiger partial charge in [0.1, 0.15) is 0 Å². The van der Waals surface area contributed by atoms with E-state index in [0.29, 0.717) is 6.42 Å². The molecule has 5 heteroatoms. The van der Waals surface area contributed by atoms with Gasteiger partial charge in [0.2, 0.25) is 0 Å². The van der Waals surface area contributed by atoms with Gasteiger partial charge in [-0.3, -0.25) is 0 Å². The highest BCUT2D eigenvalue weighted by Gasteiger charge is 2.39. The van der Waals surface area contributed by atoms with Gasteiger partial charge in [0.15, 0.2) is 0 Å². The Bertz CT molecular complexity index is 108. The molecule has 0 radical (unpaired) electrons. The van der Waals surface area contributed by atoms with E-state index in [4.69, 9.17) is 0 Å². The van der Waals surface area contributed by atoms with Crippen LogP contribution in [0.1, 0.15) is 19.8 Å². The highest BCUT2D eigenvalue weighted by Crippen LogP contribution is 2.25. The van der Waals surface area contributed by atoms with Crippen molar-refractivity contribution >= 4 is 11.6 Å². The van der Waals surface area contributed by atoms with E-state index in [1.807, 2.05) is 6.92 Å². The molecule has 11 heavy (non-hydrogen) atoms. The van der Waals surface area contributed by atoms with E-state index >= 15 is 0 Å². The summed E-state index contributed by atoms with van der Waals surface area (Å²) in [6.07, 6.45) is -2.66. The molecule has 0 unspecified atom stereocenters. The van der Waals surface area contributed by atoms with Gasteiger partial charge in [-0.05, 0) is 6.42 Å². The largest absolute Gasteiger partial charge is 0.400 e. The predicted molar refractivity (Wildman–Crippen MR) is 36.6 cm³/mol. The van der Waals surface area contributed by atoms with Gasteiger partial charge >= 0.3 is 6.11 Å². The van der Waals surface area contributed by atoms with Crippen molar-refractivity contribution in [1.82, 2.24) is 0 Å². The first-order valence-corrected chi connectivity index (χ1v) is 3.74. The van der Waals surface area contributed by atoms with Crippen molar-refractivity contribution < 1.29 is 17.9 Å². The Morgan fingerprint density at radius 2 is 2.09 bits per heavy atom. The van der Waals surface area contributed by atoms with E-state index in [-0.39, 0.29) is 6.61 Å². The fourth-order valence-corrected chi connectivity index (χ4v) is 0.479. The molecule has 0 N–H and O–H groups in total. The number of halogens is 4. The normalized spacial score (nSPS) is 15.0. The lowest BCUT2D eigenvalue weighted by Crippen LogP contribution is -2.29. The zero-order chi connectivity index (χ0) is 8.91. The monoisotopic (exact) mass is 190 g/mol. The minimum Gasteiger partial charge on any atom is -0.317 e. The summed E-state index contributed by atoms with van der Waals surface area (Å²) >= 11 is 4.51. The molecule has 0 aliphatic carbocycles. The van der Waals surface area contributed by atoms with Gasteiger partial charge in [0.25, 0.3) is 5.63 Å². The van der Waals surface area contributed by atoms with Crippen LogP contribution in [0.4, 0.5) is 13.2 Å². The van der Waals surface area contributed by atoms with Crippen LogP contribution in [0.25, 0.3) is 0 Å². The Hall–Kier alpha value is 0.0400. The molecule has 0 fully saturated rings. The Morgan fingerprint density at radius 1 is 1.55 bits per heavy atom. The van der Waals surface area contributed by atoms with Crippen LogP contribution in [-0.4, -0.2) is 18.3 Å². The van der Waals surface area contributed by atoms with Crippen LogP contribution in [0.15, 0.2) is 0 Å². The standard InChI is InChI=1S/C6H10ClF3O/c1-2-3-4-11-6(9,10)5(7)8/h5H,2-4H2,1H3/t5-/m0/s1. The smallest absolute Gasteiger partial charge is 0.317 e. The van der Waals surface area contributed by atoms with Crippen LogP contribution in [0.3, 0.4) is 0 Å². The van der Waals surface area contributed by atoms with Crippen LogP contribution >= 0.6 is 11.6 Å². The Labute approximate surface area is 68.5 Å². The molecule has 0 aromatic carbocycles. The van der Waals surface area contributed by atoms with Crippen molar-refractivity contribution in [1.29, 1.82) is 0 Å². The quantitative estimate of drug-likeness (QED) is 0.479. The summed E-state index contributed by atoms with van der Waals surface area (Å²) in [6.45, 7) is 1.64. The van der Waals surface area contributed by atoms with Gasteiger partial charge in [-0.2, -0.15) is 8.78 Å². The molecular weight excluding hydrogens is 181 g/mol. The maximum atomic E-state index is 12.1. The zero-order valence-corrected chi connectivity index (χ0v) is 6.87. The van der Waals surface area contributed by atoms with Crippen LogP contribution < -0.4 is 0 Å². The first-order valence-electron chi connectivity index (χ1n) is 3.30. The van der Waals surface area contributed by atoms with Gasteiger partial charge < -0.3 is 4.74 Å². The second kappa shape index (κ2) is 4.83. The molecule has 0 heterocycles. The van der Waals surface area contributed by atoms with Crippen LogP contribution in [0.5, 0.6) is 0 Å². The van der Waals surface area contributed by atoms with E-state index in [0.717, 1.165) is 6.42 Å². The van der Waals surface area contributed by atoms with Crippen molar-refractivity contribution in [3.05, 3.63) is 0 Å². The molecular formula is C6H10ClF3O. The number of rotatable bonds is 5. The molecule has 0 saturated heterocycles. The van der Waals surface area contributed by atoms with E-state index in [1.165, 1.54) is 0 Å². The summed E-state index contributed by atoms with van der Waals surface area (Å²) < 4.78 is 40.0. The molecule has 68 valence electrons. The summed E-state index contributed by atoms with van der Waals surface area (Å²) in [7, 11) is 0. The number of ether oxygens (including phenoxy) is 1. The van der Waals surface area contributed by atoms with Gasteiger partial charge in [-0.1, -0.05) is 24.9 Å². The van der Waals surface area contributed by atoms with E-state index in [9.17, 15) is 13.2 Å². The fourth-order valence-electron chi connectivity index (χ4n) is 0.416. The first kappa shape index (κ1) is 11.0. The zero-order valence-electron chi connectivity index (χ0n) is 6.12. The van der Waals surface area contributed by atoms with Crippen molar-refractivity contribution in [2.24, 2.45) is 0 Å². The third-order valence-electron chi connectivity index (χ3n) is 1.05. The number of alkyl halides is 4. The lowest BCUT2D eigenvalue weighted by atomic mass is 10.4. The number of hydrogen-bond donors (Lipinski definition) is 0. The summed E-state index contributed by atoms with van der Waals surface area (Å²) in [6, 6.07) is 0. The molecule has 0 bridgehead atoms. The third kappa shape index (κ3) is 4.48. The predicted octanol–water partition coefficient (Wildman–Crippen LogP) is 2.93. The molecule has 0 aliphatic rings. The van der Waals surface area contributed by atoms with Crippen molar-refractivity contribution in [2.75, 3.05) is 6.61 Å². The molecule has 0 aromatic heterocycles. The molecule has 1 atom stereocenters. The minimum atomic E-state index is -3.85. The average molecular weight is 191 g/mol. The summed E-state index contributed by atoms with van der Waals surface area (Å²) in [5.74, 6) is 0. The fraction of sp³-hybridized carbons (Fsp3) is 1.00.